The second kappa shape index (κ2) is 3.20. The highest BCUT2D eigenvalue weighted by molar-refractivity contribution is 5.37. The van der Waals surface area contributed by atoms with Gasteiger partial charge in [-0.05, 0) is 0 Å². The van der Waals surface area contributed by atoms with Crippen LogP contribution in [0.15, 0.2) is 12.4 Å². The Bertz CT molecular complexity index is 243. The van der Waals surface area contributed by atoms with Crippen molar-refractivity contribution in [1.82, 2.24) is 9.97 Å². The molecule has 0 aliphatic rings. The van der Waals surface area contributed by atoms with Gasteiger partial charge >= 0.3 is 0 Å². The average molecular weight is 161 g/mol. The summed E-state index contributed by atoms with van der Waals surface area (Å²) in [5, 5.41) is 8.28. The van der Waals surface area contributed by atoms with Gasteiger partial charge in [0.2, 0.25) is 0 Å². The van der Waals surface area contributed by atoms with Crippen molar-refractivity contribution in [2.75, 3.05) is 5.48 Å². The number of hydrogen-bond donors (Lipinski definition) is 2. The quantitative estimate of drug-likeness (QED) is 0.640. The number of hydrogen-bond acceptors (Lipinski definition) is 4. The number of halogens is 2. The van der Waals surface area contributed by atoms with Crippen LogP contribution in [0.3, 0.4) is 0 Å². The summed E-state index contributed by atoms with van der Waals surface area (Å²) in [6.07, 6.45) is -0.411. The standard InChI is InChI=1S/C5H5F2N3O/c6-4(7)3-5(10-11)9-2-1-8-3/h1-2,4,11H,(H,9,10). The van der Waals surface area contributed by atoms with Crippen molar-refractivity contribution >= 4 is 5.82 Å². The molecule has 0 spiro atoms. The third-order valence-corrected chi connectivity index (χ3v) is 1.04. The van der Waals surface area contributed by atoms with Crippen molar-refractivity contribution in [2.24, 2.45) is 0 Å². The van der Waals surface area contributed by atoms with Crippen LogP contribution in [0.1, 0.15) is 12.1 Å². The van der Waals surface area contributed by atoms with Crippen LogP contribution in [0.25, 0.3) is 0 Å². The van der Waals surface area contributed by atoms with E-state index in [4.69, 9.17) is 5.21 Å². The van der Waals surface area contributed by atoms with Crippen LogP contribution in [0.5, 0.6) is 0 Å². The zero-order valence-electron chi connectivity index (χ0n) is 5.33. The van der Waals surface area contributed by atoms with E-state index in [1.165, 1.54) is 11.7 Å². The molecule has 0 atom stereocenters. The molecule has 4 nitrogen and oxygen atoms in total. The molecule has 1 rings (SSSR count). The van der Waals surface area contributed by atoms with Gasteiger partial charge in [0.05, 0.1) is 0 Å². The first kappa shape index (κ1) is 7.80. The summed E-state index contributed by atoms with van der Waals surface area (Å²) in [6.45, 7) is 0. The van der Waals surface area contributed by atoms with Gasteiger partial charge in [-0.15, -0.1) is 0 Å². The Kier molecular flexibility index (Phi) is 2.27. The first-order valence-electron chi connectivity index (χ1n) is 2.75. The Morgan fingerprint density at radius 3 is 2.45 bits per heavy atom. The summed E-state index contributed by atoms with van der Waals surface area (Å²) in [4.78, 5) is 6.73. The number of nitrogens with zero attached hydrogens (tertiary/aromatic N) is 2. The summed E-state index contributed by atoms with van der Waals surface area (Å²) in [7, 11) is 0. The molecule has 0 fully saturated rings. The molecule has 0 saturated heterocycles. The Morgan fingerprint density at radius 1 is 1.36 bits per heavy atom. The zero-order valence-corrected chi connectivity index (χ0v) is 5.33. The summed E-state index contributed by atoms with van der Waals surface area (Å²) in [5.74, 6) is -0.317. The molecule has 6 heteroatoms. The molecule has 0 aliphatic heterocycles. The molecule has 0 unspecified atom stereocenters. The maximum absolute atomic E-state index is 12.0. The molecule has 1 heterocycles. The minimum absolute atomic E-state index is 0.317. The van der Waals surface area contributed by atoms with E-state index >= 15 is 0 Å². The van der Waals surface area contributed by atoms with Crippen molar-refractivity contribution in [3.63, 3.8) is 0 Å². The SMILES string of the molecule is ONc1nccnc1C(F)F. The van der Waals surface area contributed by atoms with Crippen molar-refractivity contribution in [2.45, 2.75) is 6.43 Å². The van der Waals surface area contributed by atoms with E-state index in [-0.39, 0.29) is 5.82 Å². The molecule has 1 aromatic heterocycles. The van der Waals surface area contributed by atoms with E-state index in [1.54, 1.807) is 0 Å². The van der Waals surface area contributed by atoms with Crippen molar-refractivity contribution in [3.05, 3.63) is 18.1 Å². The summed E-state index contributed by atoms with van der Waals surface area (Å²) >= 11 is 0. The first-order valence-corrected chi connectivity index (χ1v) is 2.75. The molecule has 2 N–H and O–H groups in total. The zero-order chi connectivity index (χ0) is 8.27. The highest BCUT2D eigenvalue weighted by Crippen LogP contribution is 2.21. The lowest BCUT2D eigenvalue weighted by molar-refractivity contribution is 0.145. The smallest absolute Gasteiger partial charge is 0.284 e. The van der Waals surface area contributed by atoms with Crippen molar-refractivity contribution < 1.29 is 14.0 Å². The summed E-state index contributed by atoms with van der Waals surface area (Å²) < 4.78 is 23.9. The van der Waals surface area contributed by atoms with Crippen LogP contribution in [0.4, 0.5) is 14.6 Å². The van der Waals surface area contributed by atoms with E-state index in [2.05, 4.69) is 9.97 Å². The molecular formula is C5H5F2N3O. The number of nitrogens with one attached hydrogen (secondary N) is 1. The van der Waals surface area contributed by atoms with E-state index in [9.17, 15) is 8.78 Å². The fourth-order valence-electron chi connectivity index (χ4n) is 0.595. The number of alkyl halides is 2. The first-order chi connectivity index (χ1) is 5.25. The third-order valence-electron chi connectivity index (χ3n) is 1.04. The molecule has 0 amide bonds. The van der Waals surface area contributed by atoms with Crippen LogP contribution in [0, 0.1) is 0 Å². The fraction of sp³-hybridized carbons (Fsp3) is 0.200. The molecule has 0 saturated carbocycles. The van der Waals surface area contributed by atoms with E-state index in [1.807, 2.05) is 0 Å². The van der Waals surface area contributed by atoms with Gasteiger partial charge < -0.3 is 0 Å². The van der Waals surface area contributed by atoms with Crippen LogP contribution in [-0.2, 0) is 0 Å². The molecule has 0 bridgehead atoms. The lowest BCUT2D eigenvalue weighted by Crippen LogP contribution is -2.01. The molecule has 0 radical (unpaired) electrons. The van der Waals surface area contributed by atoms with Gasteiger partial charge in [0.25, 0.3) is 6.43 Å². The van der Waals surface area contributed by atoms with Crippen LogP contribution in [0.2, 0.25) is 0 Å². The molecule has 1 aromatic rings. The number of rotatable bonds is 2. The highest BCUT2D eigenvalue weighted by atomic mass is 19.3. The van der Waals surface area contributed by atoms with Gasteiger partial charge in [-0.2, -0.15) is 0 Å². The van der Waals surface area contributed by atoms with E-state index < -0.39 is 12.1 Å². The predicted molar refractivity (Wildman–Crippen MR) is 32.4 cm³/mol. The normalized spacial score (nSPS) is 10.2. The van der Waals surface area contributed by atoms with Gasteiger partial charge in [-0.1, -0.05) is 0 Å². The highest BCUT2D eigenvalue weighted by Gasteiger charge is 2.14. The second-order valence-corrected chi connectivity index (χ2v) is 1.70. The van der Waals surface area contributed by atoms with Crippen LogP contribution >= 0.6 is 0 Å². The largest absolute Gasteiger partial charge is 0.290 e. The van der Waals surface area contributed by atoms with E-state index in [0.717, 1.165) is 6.20 Å². The Labute approximate surface area is 60.9 Å². The fourth-order valence-corrected chi connectivity index (χ4v) is 0.595. The van der Waals surface area contributed by atoms with Crippen LogP contribution in [-0.4, -0.2) is 15.2 Å². The van der Waals surface area contributed by atoms with E-state index in [0.29, 0.717) is 0 Å². The van der Waals surface area contributed by atoms with Crippen molar-refractivity contribution in [3.8, 4) is 0 Å². The number of aromatic nitrogens is 2. The van der Waals surface area contributed by atoms with Crippen molar-refractivity contribution in [1.29, 1.82) is 0 Å². The minimum Gasteiger partial charge on any atom is -0.290 e. The monoisotopic (exact) mass is 161 g/mol. The maximum atomic E-state index is 12.0. The molecular weight excluding hydrogens is 156 g/mol. The lowest BCUT2D eigenvalue weighted by Gasteiger charge is -2.02. The lowest BCUT2D eigenvalue weighted by atomic mass is 10.4. The van der Waals surface area contributed by atoms with Crippen LogP contribution < -0.4 is 5.48 Å². The molecule has 60 valence electrons. The average Bonchev–Trinajstić information content (AvgIpc) is 2.04. The predicted octanol–water partition coefficient (Wildman–Crippen LogP) is 1.22. The molecule has 0 aromatic carbocycles. The number of anilines is 1. The van der Waals surface area contributed by atoms with Gasteiger partial charge in [-0.3, -0.25) is 10.7 Å². The maximum Gasteiger partial charge on any atom is 0.284 e. The Balaban J connectivity index is 3.02. The van der Waals surface area contributed by atoms with Gasteiger partial charge in [0.1, 0.15) is 0 Å². The second-order valence-electron chi connectivity index (χ2n) is 1.70. The molecule has 0 aliphatic carbocycles. The topological polar surface area (TPSA) is 58.0 Å². The van der Waals surface area contributed by atoms with Gasteiger partial charge in [0.15, 0.2) is 11.5 Å². The molecule has 11 heavy (non-hydrogen) atoms. The van der Waals surface area contributed by atoms with Gasteiger partial charge in [-0.25, -0.2) is 18.7 Å². The summed E-state index contributed by atoms with van der Waals surface area (Å²) in [5.41, 5.74) is 0.963. The minimum atomic E-state index is -2.74. The Morgan fingerprint density at radius 2 is 2.00 bits per heavy atom. The van der Waals surface area contributed by atoms with Gasteiger partial charge in [0, 0.05) is 12.4 Å². The Hall–Kier alpha value is -1.30. The third kappa shape index (κ3) is 1.58. The summed E-state index contributed by atoms with van der Waals surface area (Å²) in [6, 6.07) is 0.